The molecule has 1 unspecified atom stereocenters. The van der Waals surface area contributed by atoms with Crippen molar-refractivity contribution < 1.29 is 23.8 Å². The van der Waals surface area contributed by atoms with Crippen LogP contribution in [0.1, 0.15) is 49.4 Å². The van der Waals surface area contributed by atoms with Crippen molar-refractivity contribution >= 4 is 46.6 Å². The summed E-state index contributed by atoms with van der Waals surface area (Å²) in [5.74, 6) is -1.36. The summed E-state index contributed by atoms with van der Waals surface area (Å²) in [6.45, 7) is 0. The van der Waals surface area contributed by atoms with Gasteiger partial charge in [0.15, 0.2) is 5.69 Å². The first-order valence-electron chi connectivity index (χ1n) is 12.8. The second-order valence-corrected chi connectivity index (χ2v) is 10.7. The Hall–Kier alpha value is -4.14. The summed E-state index contributed by atoms with van der Waals surface area (Å²) in [6.07, 6.45) is -1.15. The lowest BCUT2D eigenvalue weighted by atomic mass is 9.93. The van der Waals surface area contributed by atoms with Crippen LogP contribution in [0.4, 0.5) is 0 Å². The van der Waals surface area contributed by atoms with Crippen LogP contribution in [0.25, 0.3) is 0 Å². The summed E-state index contributed by atoms with van der Waals surface area (Å²) in [7, 11) is 1.21. The number of hydrogen-bond donors (Lipinski definition) is 0. The maximum atomic E-state index is 14.1. The van der Waals surface area contributed by atoms with Crippen LogP contribution in [-0.4, -0.2) is 28.6 Å². The van der Waals surface area contributed by atoms with Crippen LogP contribution in [0.2, 0.25) is 15.1 Å². The number of hydrogen-bond acceptors (Lipinski definition) is 6. The number of benzene rings is 4. The number of rotatable bonds is 6. The smallest absolute Gasteiger partial charge is 0.359 e. The summed E-state index contributed by atoms with van der Waals surface area (Å²) in [5, 5.41) is 5.81. The van der Waals surface area contributed by atoms with Gasteiger partial charge in [-0.05, 0) is 42.5 Å². The van der Waals surface area contributed by atoms with E-state index in [-0.39, 0.29) is 27.7 Å². The SMILES string of the molecule is COC(=O)c1nn2c(c1C(=O)c1ccc(Cl)cc1)OC(c1ccc(Cl)cc1Cl)OC2(c1ccccc1)c1ccccc1. The van der Waals surface area contributed by atoms with Crippen LogP contribution in [0.15, 0.2) is 103 Å². The maximum Gasteiger partial charge on any atom is 0.359 e. The highest BCUT2D eigenvalue weighted by Gasteiger charge is 2.50. The van der Waals surface area contributed by atoms with Gasteiger partial charge >= 0.3 is 5.97 Å². The van der Waals surface area contributed by atoms with Crippen molar-refractivity contribution in [2.24, 2.45) is 0 Å². The molecule has 7 nitrogen and oxygen atoms in total. The molecule has 210 valence electrons. The Balaban J connectivity index is 1.70. The fourth-order valence-electron chi connectivity index (χ4n) is 4.94. The van der Waals surface area contributed by atoms with E-state index in [0.29, 0.717) is 26.7 Å². The first-order valence-corrected chi connectivity index (χ1v) is 13.9. The highest BCUT2D eigenvalue weighted by Crippen LogP contribution is 2.49. The van der Waals surface area contributed by atoms with Crippen molar-refractivity contribution in [1.29, 1.82) is 0 Å². The van der Waals surface area contributed by atoms with Crippen molar-refractivity contribution in [2.45, 2.75) is 12.0 Å². The number of ketones is 1. The molecule has 0 N–H and O–H groups in total. The molecule has 0 saturated heterocycles. The molecule has 10 heteroatoms. The van der Waals surface area contributed by atoms with Gasteiger partial charge in [-0.3, -0.25) is 4.79 Å². The lowest BCUT2D eigenvalue weighted by Crippen LogP contribution is -2.46. The van der Waals surface area contributed by atoms with E-state index < -0.39 is 23.8 Å². The van der Waals surface area contributed by atoms with E-state index in [2.05, 4.69) is 5.10 Å². The Kier molecular flexibility index (Phi) is 7.51. The molecule has 1 aliphatic rings. The number of methoxy groups -OCH3 is 1. The van der Waals surface area contributed by atoms with Crippen molar-refractivity contribution in [3.63, 3.8) is 0 Å². The zero-order valence-electron chi connectivity index (χ0n) is 22.0. The summed E-state index contributed by atoms with van der Waals surface area (Å²) in [4.78, 5) is 27.3. The maximum absolute atomic E-state index is 14.1. The molecular formula is C32H21Cl3N2O5. The molecule has 42 heavy (non-hydrogen) atoms. The first kappa shape index (κ1) is 28.0. The standard InChI is InChI=1S/C32H21Cl3N2O5/c1-40-30(39)27-26(28(38)19-12-14-22(33)15-13-19)29-37(36-27)32(20-8-4-2-5-9-20,21-10-6-3-7-11-21)42-31(41-29)24-17-16-23(34)18-25(24)35/h2-18,31H,1H3. The lowest BCUT2D eigenvalue weighted by molar-refractivity contribution is -0.214. The van der Waals surface area contributed by atoms with E-state index in [1.165, 1.54) is 11.8 Å². The van der Waals surface area contributed by atoms with Crippen molar-refractivity contribution in [2.75, 3.05) is 7.11 Å². The molecule has 0 aliphatic carbocycles. The van der Waals surface area contributed by atoms with Crippen LogP contribution >= 0.6 is 34.8 Å². The number of halogens is 3. The monoisotopic (exact) mass is 618 g/mol. The number of aromatic nitrogens is 2. The van der Waals surface area contributed by atoms with Crippen LogP contribution in [0, 0.1) is 0 Å². The van der Waals surface area contributed by atoms with Crippen LogP contribution in [0.5, 0.6) is 5.88 Å². The second-order valence-electron chi connectivity index (χ2n) is 9.38. The summed E-state index contributed by atoms with van der Waals surface area (Å²) in [6, 6.07) is 29.8. The van der Waals surface area contributed by atoms with Crippen LogP contribution in [0.3, 0.4) is 0 Å². The van der Waals surface area contributed by atoms with Gasteiger partial charge in [-0.15, -0.1) is 0 Å². The number of carbonyl (C=O) groups excluding carboxylic acids is 2. The minimum Gasteiger partial charge on any atom is -0.464 e. The van der Waals surface area contributed by atoms with Gasteiger partial charge < -0.3 is 14.2 Å². The molecule has 6 rings (SSSR count). The van der Waals surface area contributed by atoms with Gasteiger partial charge in [0.1, 0.15) is 5.56 Å². The Morgan fingerprint density at radius 3 is 2.00 bits per heavy atom. The number of ether oxygens (including phenoxy) is 3. The van der Waals surface area contributed by atoms with Gasteiger partial charge in [-0.25, -0.2) is 4.79 Å². The third-order valence-electron chi connectivity index (χ3n) is 6.90. The predicted octanol–water partition coefficient (Wildman–Crippen LogP) is 7.72. The topological polar surface area (TPSA) is 79.7 Å². The Morgan fingerprint density at radius 1 is 0.833 bits per heavy atom. The summed E-state index contributed by atoms with van der Waals surface area (Å²) in [5.41, 5.74) is 0.177. The lowest BCUT2D eigenvalue weighted by Gasteiger charge is -2.42. The summed E-state index contributed by atoms with van der Waals surface area (Å²) >= 11 is 18.9. The molecule has 0 bridgehead atoms. The normalized spacial score (nSPS) is 15.4. The molecular weight excluding hydrogens is 599 g/mol. The van der Waals surface area contributed by atoms with Crippen molar-refractivity contribution in [3.8, 4) is 5.88 Å². The molecule has 0 amide bonds. The minimum absolute atomic E-state index is 0.00896. The molecule has 1 aromatic heterocycles. The fraction of sp³-hybridized carbons (Fsp3) is 0.0938. The number of fused-ring (bicyclic) bond motifs is 1. The van der Waals surface area contributed by atoms with Gasteiger partial charge in [0.05, 0.1) is 12.1 Å². The highest BCUT2D eigenvalue weighted by atomic mass is 35.5. The fourth-order valence-corrected chi connectivity index (χ4v) is 5.56. The zero-order chi connectivity index (χ0) is 29.4. The van der Waals surface area contributed by atoms with Gasteiger partial charge in [0.25, 0.3) is 0 Å². The number of esters is 1. The molecule has 0 radical (unpaired) electrons. The number of nitrogens with zero attached hydrogens (tertiary/aromatic N) is 2. The van der Waals surface area contributed by atoms with Crippen molar-refractivity contribution in [3.05, 3.63) is 152 Å². The van der Waals surface area contributed by atoms with E-state index in [1.807, 2.05) is 60.7 Å². The van der Waals surface area contributed by atoms with Gasteiger partial charge in [0, 0.05) is 32.3 Å². The third kappa shape index (κ3) is 4.74. The van der Waals surface area contributed by atoms with E-state index in [9.17, 15) is 9.59 Å². The average Bonchev–Trinajstić information content (AvgIpc) is 3.41. The van der Waals surface area contributed by atoms with Gasteiger partial charge in [-0.2, -0.15) is 9.78 Å². The third-order valence-corrected chi connectivity index (χ3v) is 7.71. The Labute approximate surface area is 256 Å². The van der Waals surface area contributed by atoms with Crippen LogP contribution in [-0.2, 0) is 15.2 Å². The largest absolute Gasteiger partial charge is 0.464 e. The van der Waals surface area contributed by atoms with Gasteiger partial charge in [0.2, 0.25) is 23.7 Å². The van der Waals surface area contributed by atoms with Crippen molar-refractivity contribution in [1.82, 2.24) is 9.78 Å². The molecule has 1 aliphatic heterocycles. The molecule has 0 spiro atoms. The summed E-state index contributed by atoms with van der Waals surface area (Å²) < 4.78 is 19.7. The second kappa shape index (κ2) is 11.3. The molecule has 0 fully saturated rings. The van der Waals surface area contributed by atoms with E-state index >= 15 is 0 Å². The average molecular weight is 620 g/mol. The first-order chi connectivity index (χ1) is 20.3. The predicted molar refractivity (Wildman–Crippen MR) is 158 cm³/mol. The van der Waals surface area contributed by atoms with E-state index in [4.69, 9.17) is 49.0 Å². The molecule has 5 aromatic rings. The zero-order valence-corrected chi connectivity index (χ0v) is 24.2. The molecule has 2 heterocycles. The quantitative estimate of drug-likeness (QED) is 0.143. The Bertz CT molecular complexity index is 1750. The van der Waals surface area contributed by atoms with E-state index in [0.717, 1.165) is 0 Å². The minimum atomic E-state index is -1.51. The molecule has 0 saturated carbocycles. The Morgan fingerprint density at radius 2 is 1.43 bits per heavy atom. The number of carbonyl (C=O) groups is 2. The van der Waals surface area contributed by atoms with E-state index in [1.54, 1.807) is 42.5 Å². The van der Waals surface area contributed by atoms with Crippen LogP contribution < -0.4 is 4.74 Å². The molecule has 4 aromatic carbocycles. The van der Waals surface area contributed by atoms with Gasteiger partial charge in [-0.1, -0.05) is 95.5 Å². The highest BCUT2D eigenvalue weighted by molar-refractivity contribution is 6.35. The molecule has 1 atom stereocenters.